The van der Waals surface area contributed by atoms with Gasteiger partial charge in [0, 0.05) is 17.1 Å². The Kier molecular flexibility index (Phi) is 11.9. The van der Waals surface area contributed by atoms with Crippen LogP contribution in [0.25, 0.3) is 10.8 Å². The Labute approximate surface area is 318 Å². The quantitative estimate of drug-likeness (QED) is 0.126. The summed E-state index contributed by atoms with van der Waals surface area (Å²) in [6.07, 6.45) is 1.89. The normalized spacial score (nSPS) is 12.2. The van der Waals surface area contributed by atoms with E-state index in [4.69, 9.17) is 9.47 Å². The molecule has 0 aliphatic rings. The molecular weight excluding hydrogens is 734 g/mol. The molecule has 5 rings (SSSR count). The second kappa shape index (κ2) is 16.2. The highest BCUT2D eigenvalue weighted by atomic mass is 79.9. The summed E-state index contributed by atoms with van der Waals surface area (Å²) in [7, 11) is 1.59. The molecule has 276 valence electrons. The highest BCUT2D eigenvalue weighted by molar-refractivity contribution is 9.10. The molecule has 0 bridgehead atoms. The smallest absolute Gasteiger partial charge is 0.316 e. The number of nitrogens with one attached hydrogen (secondary N) is 2. The van der Waals surface area contributed by atoms with E-state index in [1.807, 2.05) is 112 Å². The first kappa shape index (κ1) is 39.0. The van der Waals surface area contributed by atoms with E-state index in [0.29, 0.717) is 15.8 Å². The molecule has 0 aliphatic carbocycles. The van der Waals surface area contributed by atoms with Crippen molar-refractivity contribution in [1.29, 1.82) is 0 Å². The molecule has 4 aromatic carbocycles. The Morgan fingerprint density at radius 2 is 1.45 bits per heavy atom. The molecular formula is C43H46BrN3O6. The van der Waals surface area contributed by atoms with Gasteiger partial charge in [-0.15, -0.1) is 0 Å². The lowest BCUT2D eigenvalue weighted by molar-refractivity contribution is -0.160. The van der Waals surface area contributed by atoms with E-state index in [2.05, 4.69) is 26.6 Å². The minimum absolute atomic E-state index is 0.0577. The van der Waals surface area contributed by atoms with Crippen molar-refractivity contribution in [2.75, 3.05) is 12.4 Å². The number of ether oxygens (including phenoxy) is 2. The van der Waals surface area contributed by atoms with Crippen LogP contribution in [-0.4, -0.2) is 41.1 Å². The Morgan fingerprint density at radius 3 is 2.09 bits per heavy atom. The predicted octanol–water partition coefficient (Wildman–Crippen LogP) is 7.66. The van der Waals surface area contributed by atoms with E-state index in [-0.39, 0.29) is 42.5 Å². The van der Waals surface area contributed by atoms with Crippen molar-refractivity contribution >= 4 is 50.2 Å². The summed E-state index contributed by atoms with van der Waals surface area (Å²) < 4.78 is 13.1. The minimum Gasteiger partial charge on any atom is -0.497 e. The number of nitrogens with zero attached hydrogens (tertiary/aromatic N) is 1. The summed E-state index contributed by atoms with van der Waals surface area (Å²) in [5, 5.41) is 7.86. The lowest BCUT2D eigenvalue weighted by Crippen LogP contribution is -2.46. The zero-order chi connectivity index (χ0) is 38.5. The van der Waals surface area contributed by atoms with Crippen LogP contribution < -0.4 is 20.9 Å². The maximum atomic E-state index is 14.1. The van der Waals surface area contributed by atoms with Crippen LogP contribution in [0, 0.1) is 6.92 Å². The minimum atomic E-state index is -1.03. The number of esters is 1. The van der Waals surface area contributed by atoms with Gasteiger partial charge >= 0.3 is 5.97 Å². The van der Waals surface area contributed by atoms with Gasteiger partial charge in [0.05, 0.1) is 25.5 Å². The molecule has 0 fully saturated rings. The Morgan fingerprint density at radius 1 is 0.830 bits per heavy atom. The van der Waals surface area contributed by atoms with Crippen LogP contribution in [-0.2, 0) is 43.9 Å². The summed E-state index contributed by atoms with van der Waals surface area (Å²) in [6.45, 7) is 11.1. The van der Waals surface area contributed by atoms with Gasteiger partial charge in [-0.05, 0) is 108 Å². The number of anilines is 1. The summed E-state index contributed by atoms with van der Waals surface area (Å²) in [4.78, 5) is 54.5. The maximum Gasteiger partial charge on any atom is 0.316 e. The standard InChI is InChI=1S/C43H46BrN3O6/c1-27-35(44)26-47(25-29-15-20-34(52-7)21-16-29)40(50)38(27)46-39(49)36(45-37(48)24-30-12-17-31-10-8-9-11-32(31)22-30)23-28-13-18-33(19-14-28)43(5,6)41(51)53-42(2,3)4/h8-22,26,36H,23-25H2,1-7H3,(H,45,48)(H,46,49)/t36-/m1/s1. The highest BCUT2D eigenvalue weighted by Gasteiger charge is 2.34. The van der Waals surface area contributed by atoms with Crippen molar-refractivity contribution in [2.45, 2.75) is 78.0 Å². The number of fused-ring (bicyclic) bond motifs is 1. The van der Waals surface area contributed by atoms with Gasteiger partial charge in [-0.25, -0.2) is 0 Å². The van der Waals surface area contributed by atoms with Gasteiger partial charge in [0.2, 0.25) is 11.8 Å². The summed E-state index contributed by atoms with van der Waals surface area (Å²) >= 11 is 3.56. The van der Waals surface area contributed by atoms with Crippen LogP contribution in [0.1, 0.15) is 62.4 Å². The third-order valence-corrected chi connectivity index (χ3v) is 9.89. The van der Waals surface area contributed by atoms with Crippen LogP contribution >= 0.6 is 15.9 Å². The molecule has 2 amide bonds. The zero-order valence-corrected chi connectivity index (χ0v) is 32.8. The molecule has 0 aliphatic heterocycles. The first-order valence-electron chi connectivity index (χ1n) is 17.5. The van der Waals surface area contributed by atoms with Crippen LogP contribution in [0.5, 0.6) is 5.75 Å². The second-order valence-corrected chi connectivity index (χ2v) is 15.6. The molecule has 53 heavy (non-hydrogen) atoms. The number of carbonyl (C=O) groups is 3. The largest absolute Gasteiger partial charge is 0.497 e. The molecule has 0 unspecified atom stereocenters. The average molecular weight is 781 g/mol. The van der Waals surface area contributed by atoms with E-state index >= 15 is 0 Å². The van der Waals surface area contributed by atoms with E-state index < -0.39 is 23.0 Å². The van der Waals surface area contributed by atoms with Gasteiger partial charge < -0.3 is 24.7 Å². The van der Waals surface area contributed by atoms with Gasteiger partial charge in [-0.3, -0.25) is 19.2 Å². The van der Waals surface area contributed by atoms with Gasteiger partial charge in [-0.1, -0.05) is 78.9 Å². The molecule has 0 saturated carbocycles. The Hall–Kier alpha value is -5.22. The summed E-state index contributed by atoms with van der Waals surface area (Å²) in [6, 6.07) is 27.4. The molecule has 1 aromatic heterocycles. The van der Waals surface area contributed by atoms with E-state index in [1.165, 1.54) is 4.57 Å². The fourth-order valence-electron chi connectivity index (χ4n) is 5.92. The molecule has 0 spiro atoms. The number of methoxy groups -OCH3 is 1. The van der Waals surface area contributed by atoms with Crippen LogP contribution in [0.3, 0.4) is 0 Å². The second-order valence-electron chi connectivity index (χ2n) is 14.8. The van der Waals surface area contributed by atoms with Crippen molar-refractivity contribution in [1.82, 2.24) is 9.88 Å². The van der Waals surface area contributed by atoms with E-state index in [0.717, 1.165) is 33.0 Å². The molecule has 5 aromatic rings. The van der Waals surface area contributed by atoms with Crippen molar-refractivity contribution in [3.05, 3.63) is 140 Å². The van der Waals surface area contributed by atoms with Crippen LogP contribution in [0.2, 0.25) is 0 Å². The number of amides is 2. The molecule has 2 N–H and O–H groups in total. The number of pyridine rings is 1. The first-order valence-corrected chi connectivity index (χ1v) is 18.3. The van der Waals surface area contributed by atoms with Crippen molar-refractivity contribution in [3.63, 3.8) is 0 Å². The number of carbonyl (C=O) groups excluding carboxylic acids is 3. The monoisotopic (exact) mass is 779 g/mol. The molecule has 1 heterocycles. The fraction of sp³-hybridized carbons (Fsp3) is 0.302. The lowest BCUT2D eigenvalue weighted by atomic mass is 9.84. The first-order chi connectivity index (χ1) is 25.0. The zero-order valence-electron chi connectivity index (χ0n) is 31.2. The van der Waals surface area contributed by atoms with Crippen molar-refractivity contribution in [3.8, 4) is 5.75 Å². The van der Waals surface area contributed by atoms with E-state index in [1.54, 1.807) is 34.1 Å². The number of aromatic nitrogens is 1. The SMILES string of the molecule is COc1ccc(Cn2cc(Br)c(C)c(NC(=O)[C@@H](Cc3ccc(C(C)(C)C(=O)OC(C)(C)C)cc3)NC(=O)Cc3ccc4ccccc4c3)c2=O)cc1. The van der Waals surface area contributed by atoms with Crippen LogP contribution in [0.4, 0.5) is 5.69 Å². The highest BCUT2D eigenvalue weighted by Crippen LogP contribution is 2.28. The summed E-state index contributed by atoms with van der Waals surface area (Å²) in [5.74, 6) is -0.525. The van der Waals surface area contributed by atoms with Gasteiger partial charge in [0.1, 0.15) is 23.1 Å². The fourth-order valence-corrected chi connectivity index (χ4v) is 6.37. The topological polar surface area (TPSA) is 116 Å². The molecule has 10 heteroatoms. The third-order valence-electron chi connectivity index (χ3n) is 9.09. The number of hydrogen-bond acceptors (Lipinski definition) is 6. The molecule has 0 saturated heterocycles. The number of hydrogen-bond donors (Lipinski definition) is 2. The predicted molar refractivity (Wildman–Crippen MR) is 212 cm³/mol. The Balaban J connectivity index is 1.41. The number of benzene rings is 4. The van der Waals surface area contributed by atoms with Crippen molar-refractivity contribution < 1.29 is 23.9 Å². The number of halogens is 1. The lowest BCUT2D eigenvalue weighted by Gasteiger charge is -2.29. The molecule has 0 radical (unpaired) electrons. The third kappa shape index (κ3) is 9.81. The van der Waals surface area contributed by atoms with Crippen molar-refractivity contribution in [2.24, 2.45) is 0 Å². The van der Waals surface area contributed by atoms with Gasteiger partial charge in [0.25, 0.3) is 5.56 Å². The number of rotatable bonds is 12. The Bertz CT molecular complexity index is 2180. The van der Waals surface area contributed by atoms with Gasteiger partial charge in [0.15, 0.2) is 0 Å². The summed E-state index contributed by atoms with van der Waals surface area (Å²) in [5.41, 5.74) is 1.92. The maximum absolute atomic E-state index is 14.1. The van der Waals surface area contributed by atoms with Crippen LogP contribution in [0.15, 0.2) is 106 Å². The average Bonchev–Trinajstić information content (AvgIpc) is 3.11. The molecule has 1 atom stereocenters. The van der Waals surface area contributed by atoms with E-state index in [9.17, 15) is 19.2 Å². The molecule has 9 nitrogen and oxygen atoms in total. The van der Waals surface area contributed by atoms with Gasteiger partial charge in [-0.2, -0.15) is 0 Å².